The minimum absolute atomic E-state index is 0. The first kappa shape index (κ1) is 19.8. The highest BCUT2D eigenvalue weighted by molar-refractivity contribution is 5.69. The fourth-order valence-electron chi connectivity index (χ4n) is 3.59. The molecule has 0 spiro atoms. The van der Waals surface area contributed by atoms with E-state index in [0.717, 1.165) is 22.8 Å². The van der Waals surface area contributed by atoms with E-state index in [2.05, 4.69) is 20.3 Å². The van der Waals surface area contributed by atoms with Crippen molar-refractivity contribution in [1.29, 1.82) is 0 Å². The Kier molecular flexibility index (Phi) is 5.06. The normalized spacial score (nSPS) is 12.8. The first-order valence-corrected chi connectivity index (χ1v) is 10.1. The third kappa shape index (κ3) is 3.80. The van der Waals surface area contributed by atoms with E-state index >= 15 is 0 Å². The van der Waals surface area contributed by atoms with Crippen molar-refractivity contribution >= 4 is 23.1 Å². The first-order valence-electron chi connectivity index (χ1n) is 10.1. The van der Waals surface area contributed by atoms with E-state index in [9.17, 15) is 4.39 Å². The molecule has 1 N–H and O–H groups in total. The van der Waals surface area contributed by atoms with Gasteiger partial charge < -0.3 is 24.3 Å². The Labute approximate surface area is 185 Å². The SMILES string of the molecule is COc1cc(Nc2ncc3c(n2)N(c2ccc(F)cc2)CCO3)ccc1-n1cnc(C)c1.[HH]. The van der Waals surface area contributed by atoms with Crippen molar-refractivity contribution in [3.05, 3.63) is 72.7 Å². The monoisotopic (exact) mass is 434 g/mol. The molecule has 2 aromatic heterocycles. The number of methoxy groups -OCH3 is 1. The summed E-state index contributed by atoms with van der Waals surface area (Å²) in [4.78, 5) is 15.3. The van der Waals surface area contributed by atoms with Crippen molar-refractivity contribution in [1.82, 2.24) is 19.5 Å². The van der Waals surface area contributed by atoms with Gasteiger partial charge in [-0.1, -0.05) is 0 Å². The topological polar surface area (TPSA) is 77.3 Å². The summed E-state index contributed by atoms with van der Waals surface area (Å²) in [7, 11) is 1.62. The molecule has 0 aliphatic carbocycles. The molecule has 0 bridgehead atoms. The Morgan fingerprint density at radius 2 is 2.00 bits per heavy atom. The van der Waals surface area contributed by atoms with Gasteiger partial charge in [0.05, 0.1) is 37.6 Å². The largest absolute Gasteiger partial charge is 0.494 e. The third-order valence-corrected chi connectivity index (χ3v) is 5.13. The van der Waals surface area contributed by atoms with Gasteiger partial charge in [0.25, 0.3) is 0 Å². The molecule has 0 radical (unpaired) electrons. The molecule has 0 fully saturated rings. The first-order chi connectivity index (χ1) is 15.6. The Morgan fingerprint density at radius 3 is 2.75 bits per heavy atom. The molecule has 3 heterocycles. The molecule has 0 unspecified atom stereocenters. The van der Waals surface area contributed by atoms with E-state index in [1.54, 1.807) is 31.8 Å². The maximum Gasteiger partial charge on any atom is 0.229 e. The summed E-state index contributed by atoms with van der Waals surface area (Å²) >= 11 is 0. The number of benzene rings is 2. The smallest absolute Gasteiger partial charge is 0.229 e. The lowest BCUT2D eigenvalue weighted by atomic mass is 10.2. The molecule has 0 atom stereocenters. The van der Waals surface area contributed by atoms with Crippen LogP contribution in [-0.2, 0) is 0 Å². The number of nitrogens with zero attached hydrogens (tertiary/aromatic N) is 5. The van der Waals surface area contributed by atoms with Crippen LogP contribution in [0.2, 0.25) is 0 Å². The van der Waals surface area contributed by atoms with Crippen LogP contribution in [0.15, 0.2) is 61.2 Å². The highest BCUT2D eigenvalue weighted by Gasteiger charge is 2.22. The van der Waals surface area contributed by atoms with Crippen molar-refractivity contribution in [3.8, 4) is 17.2 Å². The Hall–Kier alpha value is -4.14. The number of hydrogen-bond acceptors (Lipinski definition) is 7. The molecule has 0 saturated heterocycles. The molecule has 1 aliphatic rings. The quantitative estimate of drug-likeness (QED) is 0.490. The number of ether oxygens (including phenoxy) is 2. The second-order valence-corrected chi connectivity index (χ2v) is 7.29. The lowest BCUT2D eigenvalue weighted by Crippen LogP contribution is -2.29. The summed E-state index contributed by atoms with van der Waals surface area (Å²) in [5.41, 5.74) is 3.40. The molecule has 8 nitrogen and oxygen atoms in total. The number of halogens is 1. The molecule has 1 aliphatic heterocycles. The van der Waals surface area contributed by atoms with Crippen molar-refractivity contribution in [2.24, 2.45) is 0 Å². The highest BCUT2D eigenvalue weighted by atomic mass is 19.1. The zero-order valence-corrected chi connectivity index (χ0v) is 17.6. The molecule has 0 saturated carbocycles. The lowest BCUT2D eigenvalue weighted by molar-refractivity contribution is 0.310. The van der Waals surface area contributed by atoms with Crippen LogP contribution in [0.3, 0.4) is 0 Å². The fraction of sp³-hybridized carbons (Fsp3) is 0.174. The summed E-state index contributed by atoms with van der Waals surface area (Å²) in [6, 6.07) is 12.0. The highest BCUT2D eigenvalue weighted by Crippen LogP contribution is 2.36. The van der Waals surface area contributed by atoms with Gasteiger partial charge in [-0.15, -0.1) is 0 Å². The zero-order chi connectivity index (χ0) is 22.1. The van der Waals surface area contributed by atoms with Crippen LogP contribution in [0.4, 0.5) is 27.5 Å². The van der Waals surface area contributed by atoms with Crippen molar-refractivity contribution < 1.29 is 15.3 Å². The summed E-state index contributed by atoms with van der Waals surface area (Å²) in [5, 5.41) is 3.22. The predicted molar refractivity (Wildman–Crippen MR) is 121 cm³/mol. The van der Waals surface area contributed by atoms with E-state index in [4.69, 9.17) is 9.47 Å². The minimum Gasteiger partial charge on any atom is -0.494 e. The Morgan fingerprint density at radius 1 is 1.16 bits per heavy atom. The van der Waals surface area contributed by atoms with Crippen LogP contribution in [0, 0.1) is 12.7 Å². The van der Waals surface area contributed by atoms with Crippen molar-refractivity contribution in [2.75, 3.05) is 30.5 Å². The molecule has 2 aromatic carbocycles. The Bertz CT molecular complexity index is 1260. The van der Waals surface area contributed by atoms with Gasteiger partial charge in [-0.3, -0.25) is 0 Å². The molecule has 4 aromatic rings. The van der Waals surface area contributed by atoms with Gasteiger partial charge in [-0.2, -0.15) is 4.98 Å². The molecular weight excluding hydrogens is 411 g/mol. The Balaban J connectivity index is 0.00000259. The van der Waals surface area contributed by atoms with E-state index < -0.39 is 0 Å². The number of hydrogen-bond donors (Lipinski definition) is 1. The van der Waals surface area contributed by atoms with Gasteiger partial charge >= 0.3 is 0 Å². The number of nitrogens with one attached hydrogen (secondary N) is 1. The van der Waals surface area contributed by atoms with Gasteiger partial charge in [-0.25, -0.2) is 14.4 Å². The van der Waals surface area contributed by atoms with Crippen molar-refractivity contribution in [2.45, 2.75) is 6.92 Å². The van der Waals surface area contributed by atoms with Gasteiger partial charge in [0.1, 0.15) is 18.2 Å². The second-order valence-electron chi connectivity index (χ2n) is 7.29. The molecule has 164 valence electrons. The van der Waals surface area contributed by atoms with Crippen LogP contribution in [-0.4, -0.2) is 39.8 Å². The minimum atomic E-state index is -0.282. The molecule has 0 amide bonds. The van der Waals surface area contributed by atoms with Crippen LogP contribution < -0.4 is 19.7 Å². The fourth-order valence-corrected chi connectivity index (χ4v) is 3.59. The van der Waals surface area contributed by atoms with Gasteiger partial charge in [0.15, 0.2) is 11.6 Å². The van der Waals surface area contributed by atoms with Crippen molar-refractivity contribution in [3.63, 3.8) is 0 Å². The molecule has 5 rings (SSSR count). The standard InChI is InChI=1S/C23H21FN6O2.H2/c1-15-13-29(14-26-15)19-8-5-17(11-20(19)31-2)27-23-25-12-21-22(28-23)30(9-10-32-21)18-6-3-16(24)4-7-18;/h3-8,11-14H,9-10H2,1-2H3,(H,25,27,28);1H. The maximum absolute atomic E-state index is 13.4. The number of imidazole rings is 1. The second kappa shape index (κ2) is 8.18. The molecule has 9 heteroatoms. The lowest BCUT2D eigenvalue weighted by Gasteiger charge is -2.30. The molecular formula is C23H23FN6O2. The predicted octanol–water partition coefficient (Wildman–Crippen LogP) is 4.64. The van der Waals surface area contributed by atoms with E-state index in [1.807, 2.05) is 40.8 Å². The van der Waals surface area contributed by atoms with Crippen LogP contribution in [0.5, 0.6) is 11.5 Å². The molecule has 32 heavy (non-hydrogen) atoms. The van der Waals surface area contributed by atoms with Crippen LogP contribution >= 0.6 is 0 Å². The number of anilines is 4. The van der Waals surface area contributed by atoms with Crippen LogP contribution in [0.25, 0.3) is 5.69 Å². The maximum atomic E-state index is 13.4. The van der Waals surface area contributed by atoms with E-state index in [1.165, 1.54) is 12.1 Å². The average Bonchev–Trinajstić information content (AvgIpc) is 3.25. The number of aromatic nitrogens is 4. The zero-order valence-electron chi connectivity index (χ0n) is 17.6. The third-order valence-electron chi connectivity index (χ3n) is 5.13. The van der Waals surface area contributed by atoms with E-state index in [0.29, 0.717) is 36.4 Å². The average molecular weight is 434 g/mol. The number of aryl methyl sites for hydroxylation is 1. The summed E-state index contributed by atoms with van der Waals surface area (Å²) in [5.74, 6) is 2.01. The van der Waals surface area contributed by atoms with Gasteiger partial charge in [0.2, 0.25) is 5.95 Å². The van der Waals surface area contributed by atoms with Gasteiger partial charge in [0, 0.05) is 25.1 Å². The summed E-state index contributed by atoms with van der Waals surface area (Å²) in [6.07, 6.45) is 5.32. The number of rotatable bonds is 5. The summed E-state index contributed by atoms with van der Waals surface area (Å²) < 4.78 is 26.6. The van der Waals surface area contributed by atoms with E-state index in [-0.39, 0.29) is 7.24 Å². The number of fused-ring (bicyclic) bond motifs is 1. The van der Waals surface area contributed by atoms with Gasteiger partial charge in [-0.05, 0) is 43.3 Å². The summed E-state index contributed by atoms with van der Waals surface area (Å²) in [6.45, 7) is 3.03. The van der Waals surface area contributed by atoms with Crippen LogP contribution in [0.1, 0.15) is 7.12 Å².